The van der Waals surface area contributed by atoms with Crippen molar-refractivity contribution in [3.63, 3.8) is 0 Å². The quantitative estimate of drug-likeness (QED) is 0.394. The molecule has 1 unspecified atom stereocenters. The van der Waals surface area contributed by atoms with E-state index < -0.39 is 5.97 Å². The fraction of sp³-hybridized carbons (Fsp3) is 0.286. The molecular formula is C28H27NO4. The first-order chi connectivity index (χ1) is 15.8. The van der Waals surface area contributed by atoms with Gasteiger partial charge >= 0.3 is 5.97 Å². The summed E-state index contributed by atoms with van der Waals surface area (Å²) in [6.45, 7) is 5.68. The van der Waals surface area contributed by atoms with Crippen molar-refractivity contribution < 1.29 is 19.1 Å². The van der Waals surface area contributed by atoms with Gasteiger partial charge in [-0.2, -0.15) is 0 Å². The molecule has 0 saturated heterocycles. The van der Waals surface area contributed by atoms with Gasteiger partial charge in [-0.1, -0.05) is 50.2 Å². The van der Waals surface area contributed by atoms with Crippen LogP contribution in [0, 0.1) is 5.41 Å². The topological polar surface area (TPSA) is 64.6 Å². The molecule has 1 N–H and O–H groups in total. The Morgan fingerprint density at radius 1 is 1.03 bits per heavy atom. The lowest BCUT2D eigenvalue weighted by Gasteiger charge is -2.40. The lowest BCUT2D eigenvalue weighted by atomic mass is 9.68. The van der Waals surface area contributed by atoms with Crippen LogP contribution in [-0.4, -0.2) is 18.9 Å². The molecule has 0 saturated carbocycles. The van der Waals surface area contributed by atoms with Gasteiger partial charge in [-0.15, -0.1) is 0 Å². The normalized spacial score (nSPS) is 18.9. The Hall–Kier alpha value is -3.60. The lowest BCUT2D eigenvalue weighted by molar-refractivity contribution is -0.132. The molecule has 3 aromatic rings. The molecule has 1 atom stereocenters. The van der Waals surface area contributed by atoms with E-state index in [-0.39, 0.29) is 17.2 Å². The van der Waals surface area contributed by atoms with Crippen molar-refractivity contribution in [1.82, 2.24) is 0 Å². The Morgan fingerprint density at radius 2 is 1.82 bits per heavy atom. The monoisotopic (exact) mass is 441 g/mol. The average molecular weight is 442 g/mol. The summed E-state index contributed by atoms with van der Waals surface area (Å²) in [4.78, 5) is 25.0. The minimum Gasteiger partial charge on any atom is -0.493 e. The van der Waals surface area contributed by atoms with Crippen LogP contribution in [0.5, 0.6) is 11.5 Å². The summed E-state index contributed by atoms with van der Waals surface area (Å²) in [5.41, 5.74) is 4.87. The van der Waals surface area contributed by atoms with Crippen LogP contribution in [-0.2, 0) is 9.59 Å². The van der Waals surface area contributed by atoms with Crippen molar-refractivity contribution in [1.29, 1.82) is 0 Å². The highest BCUT2D eigenvalue weighted by atomic mass is 16.6. The van der Waals surface area contributed by atoms with Crippen molar-refractivity contribution in [3.05, 3.63) is 71.3 Å². The summed E-state index contributed by atoms with van der Waals surface area (Å²) in [5, 5.41) is 5.95. The second-order valence-electron chi connectivity index (χ2n) is 9.62. The molecule has 1 heterocycles. The van der Waals surface area contributed by atoms with E-state index in [1.807, 2.05) is 24.3 Å². The van der Waals surface area contributed by atoms with E-state index in [1.54, 1.807) is 13.2 Å². The number of carbonyl (C=O) groups is 2. The van der Waals surface area contributed by atoms with E-state index in [0.717, 1.165) is 45.2 Å². The van der Waals surface area contributed by atoms with Gasteiger partial charge in [0.15, 0.2) is 17.3 Å². The Balaban J connectivity index is 1.71. The minimum atomic E-state index is -0.410. The Kier molecular flexibility index (Phi) is 5.00. The average Bonchev–Trinajstić information content (AvgIpc) is 2.77. The number of rotatable bonds is 3. The van der Waals surface area contributed by atoms with Crippen LogP contribution in [0.3, 0.4) is 0 Å². The third kappa shape index (κ3) is 3.67. The molecule has 1 aliphatic carbocycles. The van der Waals surface area contributed by atoms with Crippen LogP contribution in [0.1, 0.15) is 50.8 Å². The molecule has 5 nitrogen and oxygen atoms in total. The Labute approximate surface area is 193 Å². The minimum absolute atomic E-state index is 0.108. The first-order valence-corrected chi connectivity index (χ1v) is 11.2. The van der Waals surface area contributed by atoms with Crippen LogP contribution >= 0.6 is 0 Å². The largest absolute Gasteiger partial charge is 0.493 e. The molecule has 5 heteroatoms. The summed E-state index contributed by atoms with van der Waals surface area (Å²) in [7, 11) is 1.54. The van der Waals surface area contributed by atoms with E-state index >= 15 is 0 Å². The summed E-state index contributed by atoms with van der Waals surface area (Å²) in [6.07, 6.45) is 1.34. The molecule has 0 amide bonds. The number of methoxy groups -OCH3 is 1. The number of nitrogens with one attached hydrogen (secondary N) is 1. The van der Waals surface area contributed by atoms with Crippen LogP contribution in [0.15, 0.2) is 60.2 Å². The van der Waals surface area contributed by atoms with Gasteiger partial charge in [0.1, 0.15) is 0 Å². The molecule has 1 aliphatic heterocycles. The van der Waals surface area contributed by atoms with Crippen molar-refractivity contribution in [3.8, 4) is 11.5 Å². The maximum Gasteiger partial charge on any atom is 0.308 e. The zero-order valence-electron chi connectivity index (χ0n) is 19.3. The van der Waals surface area contributed by atoms with E-state index in [2.05, 4.69) is 43.4 Å². The molecule has 0 fully saturated rings. The van der Waals surface area contributed by atoms with Crippen molar-refractivity contribution in [2.75, 3.05) is 12.4 Å². The Morgan fingerprint density at radius 3 is 2.58 bits per heavy atom. The number of ketones is 1. The highest BCUT2D eigenvalue weighted by Gasteiger charge is 2.41. The van der Waals surface area contributed by atoms with Crippen LogP contribution in [0.25, 0.3) is 16.3 Å². The number of hydrogen-bond acceptors (Lipinski definition) is 5. The standard InChI is InChI=1S/C28H27NO4/c1-16(30)33-23-12-10-18(13-24(23)32-4)27-26-20(14-28(2,3)15-22(26)31)25-19-8-6-5-7-17(19)9-11-21(25)29-27/h5-13,27,29H,14-15H2,1-4H3. The SMILES string of the molecule is COc1cc(C2Nc3ccc4ccccc4c3C3=C2C(=O)CC(C)(C)C3)ccc1OC(C)=O. The van der Waals surface area contributed by atoms with Gasteiger partial charge in [-0.05, 0) is 51.9 Å². The van der Waals surface area contributed by atoms with E-state index in [1.165, 1.54) is 6.92 Å². The molecule has 0 aromatic heterocycles. The second kappa shape index (κ2) is 7.77. The van der Waals surface area contributed by atoms with Crippen LogP contribution in [0.2, 0.25) is 0 Å². The summed E-state index contributed by atoms with van der Waals surface area (Å²) >= 11 is 0. The predicted molar refractivity (Wildman–Crippen MR) is 130 cm³/mol. The third-order valence-corrected chi connectivity index (χ3v) is 6.51. The molecule has 168 valence electrons. The van der Waals surface area contributed by atoms with Crippen molar-refractivity contribution in [2.24, 2.45) is 5.41 Å². The van der Waals surface area contributed by atoms with Gasteiger partial charge in [-0.25, -0.2) is 0 Å². The number of fused-ring (bicyclic) bond motifs is 4. The smallest absolute Gasteiger partial charge is 0.308 e. The number of hydrogen-bond donors (Lipinski definition) is 1. The lowest BCUT2D eigenvalue weighted by Crippen LogP contribution is -2.33. The molecule has 3 aromatic carbocycles. The zero-order chi connectivity index (χ0) is 23.3. The number of anilines is 1. The number of esters is 1. The predicted octanol–water partition coefficient (Wildman–Crippen LogP) is 6.08. The highest BCUT2D eigenvalue weighted by molar-refractivity contribution is 6.12. The fourth-order valence-corrected chi connectivity index (χ4v) is 5.19. The number of ether oxygens (including phenoxy) is 2. The van der Waals surface area contributed by atoms with Gasteiger partial charge < -0.3 is 14.8 Å². The molecule has 2 aliphatic rings. The number of Topliss-reactive ketones (excluding diaryl/α,β-unsaturated/α-hetero) is 1. The molecule has 0 radical (unpaired) electrons. The molecule has 5 rings (SSSR count). The summed E-state index contributed by atoms with van der Waals surface area (Å²) in [5.74, 6) is 0.577. The molecule has 33 heavy (non-hydrogen) atoms. The van der Waals surface area contributed by atoms with Crippen LogP contribution in [0.4, 0.5) is 5.69 Å². The zero-order valence-corrected chi connectivity index (χ0v) is 19.3. The highest BCUT2D eigenvalue weighted by Crippen LogP contribution is 2.52. The van der Waals surface area contributed by atoms with E-state index in [4.69, 9.17) is 9.47 Å². The van der Waals surface area contributed by atoms with Gasteiger partial charge in [0, 0.05) is 30.2 Å². The summed E-state index contributed by atoms with van der Waals surface area (Å²) < 4.78 is 10.8. The second-order valence-corrected chi connectivity index (χ2v) is 9.62. The fourth-order valence-electron chi connectivity index (χ4n) is 5.19. The number of benzene rings is 3. The molecular weight excluding hydrogens is 414 g/mol. The van der Waals surface area contributed by atoms with Crippen LogP contribution < -0.4 is 14.8 Å². The van der Waals surface area contributed by atoms with Crippen molar-refractivity contribution >= 4 is 33.8 Å². The molecule has 0 spiro atoms. The third-order valence-electron chi connectivity index (χ3n) is 6.51. The first-order valence-electron chi connectivity index (χ1n) is 11.2. The number of allylic oxidation sites excluding steroid dienone is 1. The maximum absolute atomic E-state index is 13.5. The maximum atomic E-state index is 13.5. The van der Waals surface area contributed by atoms with Gasteiger partial charge in [0.05, 0.1) is 13.2 Å². The molecule has 0 bridgehead atoms. The van der Waals surface area contributed by atoms with Gasteiger partial charge in [-0.3, -0.25) is 9.59 Å². The first kappa shape index (κ1) is 21.3. The van der Waals surface area contributed by atoms with E-state index in [0.29, 0.717) is 17.9 Å². The number of carbonyl (C=O) groups excluding carboxylic acids is 2. The van der Waals surface area contributed by atoms with Crippen molar-refractivity contribution in [2.45, 2.75) is 39.7 Å². The Bertz CT molecular complexity index is 1330. The van der Waals surface area contributed by atoms with Gasteiger partial charge in [0.25, 0.3) is 0 Å². The van der Waals surface area contributed by atoms with Gasteiger partial charge in [0.2, 0.25) is 0 Å². The summed E-state index contributed by atoms with van der Waals surface area (Å²) in [6, 6.07) is 17.7. The van der Waals surface area contributed by atoms with E-state index in [9.17, 15) is 9.59 Å².